The average Bonchev–Trinajstić information content (AvgIpc) is 2.57. The molecule has 0 aliphatic heterocycles. The summed E-state index contributed by atoms with van der Waals surface area (Å²) < 4.78 is 37.1. The minimum atomic E-state index is -3.89. The molecule has 2 N–H and O–H groups in total. The molecule has 0 saturated heterocycles. The molecule has 7 heteroatoms. The first-order valence-corrected chi connectivity index (χ1v) is 6.83. The van der Waals surface area contributed by atoms with E-state index in [1.165, 1.54) is 0 Å². The standard InChI is InChI=1S/C10H12N2O4S/c1-8-11-10-9(16-8)4-2-5-12(10)6-3-7-17(13,14)15/h2,4-5H,3,6-7H2,1H3/p+2. The van der Waals surface area contributed by atoms with Crippen molar-refractivity contribution in [2.45, 2.75) is 19.9 Å². The topological polar surface area (TPSA) is 85.5 Å². The van der Waals surface area contributed by atoms with Crippen LogP contribution in [0.4, 0.5) is 0 Å². The van der Waals surface area contributed by atoms with E-state index in [2.05, 4.69) is 4.98 Å². The second kappa shape index (κ2) is 4.42. The molecule has 0 radical (unpaired) electrons. The fourth-order valence-corrected chi connectivity index (χ4v) is 2.20. The number of hydrogen-bond donors (Lipinski definition) is 1. The highest BCUT2D eigenvalue weighted by molar-refractivity contribution is 7.85. The van der Waals surface area contributed by atoms with Crippen LogP contribution in [0.2, 0.25) is 0 Å². The molecule has 92 valence electrons. The summed E-state index contributed by atoms with van der Waals surface area (Å²) in [6, 6.07) is 3.66. The van der Waals surface area contributed by atoms with Gasteiger partial charge in [0.25, 0.3) is 15.7 Å². The van der Waals surface area contributed by atoms with Gasteiger partial charge in [-0.1, -0.05) is 0 Å². The van der Waals surface area contributed by atoms with Crippen LogP contribution in [0.15, 0.2) is 22.7 Å². The van der Waals surface area contributed by atoms with E-state index < -0.39 is 10.1 Å². The van der Waals surface area contributed by atoms with Gasteiger partial charge >= 0.3 is 11.5 Å². The number of nitrogens with zero attached hydrogens (tertiary/aromatic N) is 1. The predicted octanol–water partition coefficient (Wildman–Crippen LogP) is 0.121. The van der Waals surface area contributed by atoms with Crippen molar-refractivity contribution < 1.29 is 26.9 Å². The summed E-state index contributed by atoms with van der Waals surface area (Å²) in [5, 5.41) is 0. The molecule has 0 fully saturated rings. The maximum Gasteiger partial charge on any atom is 0.488 e. The van der Waals surface area contributed by atoms with Gasteiger partial charge in [-0.05, 0) is 0 Å². The largest absolute Gasteiger partial charge is 0.488 e. The molecule has 0 spiro atoms. The van der Waals surface area contributed by atoms with Gasteiger partial charge in [-0.25, -0.2) is 0 Å². The van der Waals surface area contributed by atoms with E-state index in [0.717, 1.165) is 11.2 Å². The lowest BCUT2D eigenvalue weighted by atomic mass is 10.4. The molecule has 0 amide bonds. The van der Waals surface area contributed by atoms with Crippen LogP contribution in [0.25, 0.3) is 11.2 Å². The molecule has 2 aromatic rings. The van der Waals surface area contributed by atoms with Crippen molar-refractivity contribution >= 4 is 21.3 Å². The second-order valence-electron chi connectivity index (χ2n) is 3.84. The number of rotatable bonds is 4. The molecule has 0 atom stereocenters. The molecule has 2 aromatic heterocycles. The monoisotopic (exact) mass is 258 g/mol. The summed E-state index contributed by atoms with van der Waals surface area (Å²) in [6.45, 7) is 2.30. The van der Waals surface area contributed by atoms with Gasteiger partial charge in [-0.15, -0.1) is 9.55 Å². The van der Waals surface area contributed by atoms with E-state index in [1.807, 2.05) is 29.8 Å². The zero-order valence-electron chi connectivity index (χ0n) is 9.38. The van der Waals surface area contributed by atoms with Gasteiger partial charge in [-0.3, -0.25) is 4.55 Å². The molecule has 6 nitrogen and oxygen atoms in total. The first-order chi connectivity index (χ1) is 7.96. The number of aryl methyl sites for hydroxylation is 2. The number of aromatic amines is 1. The Morgan fingerprint density at radius 3 is 3.00 bits per heavy atom. The summed E-state index contributed by atoms with van der Waals surface area (Å²) in [5.41, 5.74) is 1.53. The Labute approximate surface area is 98.6 Å². The van der Waals surface area contributed by atoms with E-state index in [0.29, 0.717) is 18.9 Å². The lowest BCUT2D eigenvalue weighted by Crippen LogP contribution is -2.38. The lowest BCUT2D eigenvalue weighted by molar-refractivity contribution is -0.705. The van der Waals surface area contributed by atoms with Crippen molar-refractivity contribution in [2.75, 3.05) is 5.75 Å². The van der Waals surface area contributed by atoms with E-state index in [9.17, 15) is 8.42 Å². The van der Waals surface area contributed by atoms with Gasteiger partial charge in [0.2, 0.25) is 0 Å². The number of pyridine rings is 1. The zero-order chi connectivity index (χ0) is 12.5. The SMILES string of the molecule is Cc1[nH+]c2c(ccc[n+]2CCCS(=O)(=O)O)o1. The molecule has 0 aliphatic carbocycles. The zero-order valence-corrected chi connectivity index (χ0v) is 10.2. The number of fused-ring (bicyclic) bond motifs is 1. The Kier molecular flexibility index (Phi) is 3.12. The first-order valence-electron chi connectivity index (χ1n) is 5.22. The van der Waals surface area contributed by atoms with Crippen molar-refractivity contribution in [3.8, 4) is 0 Å². The predicted molar refractivity (Wildman–Crippen MR) is 58.7 cm³/mol. The number of nitrogens with one attached hydrogen (secondary N) is 1. The molecule has 0 saturated carbocycles. The van der Waals surface area contributed by atoms with Crippen molar-refractivity contribution in [3.05, 3.63) is 24.2 Å². The van der Waals surface area contributed by atoms with E-state index in [4.69, 9.17) is 8.97 Å². The van der Waals surface area contributed by atoms with Crippen LogP contribution in [-0.4, -0.2) is 18.7 Å². The number of H-pyrrole nitrogens is 1. The quantitative estimate of drug-likeness (QED) is 0.623. The molecule has 0 unspecified atom stereocenters. The second-order valence-corrected chi connectivity index (χ2v) is 5.41. The van der Waals surface area contributed by atoms with E-state index in [-0.39, 0.29) is 5.75 Å². The van der Waals surface area contributed by atoms with Gasteiger partial charge in [-0.2, -0.15) is 8.42 Å². The lowest BCUT2D eigenvalue weighted by Gasteiger charge is -1.94. The van der Waals surface area contributed by atoms with Crippen LogP contribution in [0, 0.1) is 6.92 Å². The molecular weight excluding hydrogens is 244 g/mol. The summed E-state index contributed by atoms with van der Waals surface area (Å²) in [7, 11) is -3.89. The van der Waals surface area contributed by atoms with Crippen LogP contribution >= 0.6 is 0 Å². The summed E-state index contributed by atoms with van der Waals surface area (Å²) in [6.07, 6.45) is 2.18. The van der Waals surface area contributed by atoms with Crippen molar-refractivity contribution in [2.24, 2.45) is 0 Å². The van der Waals surface area contributed by atoms with Crippen LogP contribution in [0.3, 0.4) is 0 Å². The van der Waals surface area contributed by atoms with Crippen LogP contribution in [-0.2, 0) is 16.7 Å². The Balaban J connectivity index is 2.18. The summed E-state index contributed by atoms with van der Waals surface area (Å²) >= 11 is 0. The van der Waals surface area contributed by atoms with Gasteiger partial charge < -0.3 is 4.42 Å². The normalized spacial score (nSPS) is 12.1. The molecule has 0 aliphatic rings. The third kappa shape index (κ3) is 3.01. The fourth-order valence-electron chi connectivity index (χ4n) is 1.71. The van der Waals surface area contributed by atoms with Crippen LogP contribution in [0.5, 0.6) is 0 Å². The van der Waals surface area contributed by atoms with Gasteiger partial charge in [0, 0.05) is 18.6 Å². The van der Waals surface area contributed by atoms with E-state index in [1.54, 1.807) is 0 Å². The molecular formula is C10H14N2O4S+2. The van der Waals surface area contributed by atoms with Gasteiger partial charge in [0.15, 0.2) is 12.7 Å². The molecule has 17 heavy (non-hydrogen) atoms. The number of aromatic nitrogens is 2. The number of oxazole rings is 1. The fraction of sp³-hybridized carbons (Fsp3) is 0.400. The highest BCUT2D eigenvalue weighted by Crippen LogP contribution is 2.06. The highest BCUT2D eigenvalue weighted by atomic mass is 32.2. The third-order valence-electron chi connectivity index (χ3n) is 2.39. The molecule has 0 aromatic carbocycles. The summed E-state index contributed by atoms with van der Waals surface area (Å²) in [4.78, 5) is 3.06. The minimum absolute atomic E-state index is 0.243. The van der Waals surface area contributed by atoms with Crippen LogP contribution < -0.4 is 9.55 Å². The highest BCUT2D eigenvalue weighted by Gasteiger charge is 2.20. The molecule has 2 rings (SSSR count). The Morgan fingerprint density at radius 2 is 2.29 bits per heavy atom. The third-order valence-corrected chi connectivity index (χ3v) is 3.20. The van der Waals surface area contributed by atoms with Gasteiger partial charge in [0.1, 0.15) is 0 Å². The summed E-state index contributed by atoms with van der Waals surface area (Å²) in [5.74, 6) is 0.447. The molecule has 2 heterocycles. The first kappa shape index (κ1) is 12.0. The van der Waals surface area contributed by atoms with E-state index >= 15 is 0 Å². The smallest absolute Gasteiger partial charge is 0.394 e. The Morgan fingerprint density at radius 1 is 1.53 bits per heavy atom. The number of hydrogen-bond acceptors (Lipinski definition) is 3. The maximum absolute atomic E-state index is 10.6. The minimum Gasteiger partial charge on any atom is -0.394 e. The maximum atomic E-state index is 10.6. The van der Waals surface area contributed by atoms with Crippen molar-refractivity contribution in [1.29, 1.82) is 0 Å². The Hall–Kier alpha value is -1.47. The van der Waals surface area contributed by atoms with Gasteiger partial charge in [0.05, 0.1) is 12.7 Å². The average molecular weight is 258 g/mol. The Bertz CT molecular complexity index is 633. The van der Waals surface area contributed by atoms with Crippen molar-refractivity contribution in [3.63, 3.8) is 0 Å². The van der Waals surface area contributed by atoms with Crippen molar-refractivity contribution in [1.82, 2.24) is 0 Å². The molecule has 0 bridgehead atoms. The van der Waals surface area contributed by atoms with Crippen LogP contribution in [0.1, 0.15) is 12.3 Å².